The predicted octanol–water partition coefficient (Wildman–Crippen LogP) is 3.05. The molecule has 1 aliphatic carbocycles. The summed E-state index contributed by atoms with van der Waals surface area (Å²) in [4.78, 5) is 0. The molecule has 0 heterocycles. The maximum Gasteiger partial charge on any atom is 0.0889 e. The Kier molecular flexibility index (Phi) is 2.08. The number of hydrogen-bond donors (Lipinski definition) is 1. The van der Waals surface area contributed by atoms with Gasteiger partial charge >= 0.3 is 0 Å². The molecule has 1 nitrogen and oxygen atoms in total. The Balaban J connectivity index is 2.79. The fourth-order valence-corrected chi connectivity index (χ4v) is 1.52. The van der Waals surface area contributed by atoms with E-state index in [9.17, 15) is 5.11 Å². The van der Waals surface area contributed by atoms with Gasteiger partial charge in [-0.1, -0.05) is 19.9 Å². The zero-order valence-corrected chi connectivity index (χ0v) is 7.30. The maximum atomic E-state index is 9.26. The van der Waals surface area contributed by atoms with Crippen LogP contribution in [0, 0.1) is 11.3 Å². The van der Waals surface area contributed by atoms with Gasteiger partial charge in [0.25, 0.3) is 0 Å². The van der Waals surface area contributed by atoms with Crippen LogP contribution in [0.15, 0.2) is 24.5 Å². The average Bonchev–Trinajstić information content (AvgIpc) is 1.94. The fraction of sp³-hybridized carbons (Fsp3) is 0.600. The van der Waals surface area contributed by atoms with Crippen molar-refractivity contribution in [1.29, 1.82) is 0 Å². The molecule has 0 saturated carbocycles. The van der Waals surface area contributed by atoms with Gasteiger partial charge in [-0.05, 0) is 23.8 Å². The summed E-state index contributed by atoms with van der Waals surface area (Å²) in [6, 6.07) is 0. The quantitative estimate of drug-likeness (QED) is 0.572. The Morgan fingerprint density at radius 3 is 2.82 bits per heavy atom. The standard InChI is InChI=1S/C10H16O/c1-4-8-7-9(11)5-6-10(8,2)3/h4-5,8,11H,1,6-7H2,2-3H3/t8-/m1/s1. The van der Waals surface area contributed by atoms with E-state index >= 15 is 0 Å². The molecule has 0 aromatic carbocycles. The van der Waals surface area contributed by atoms with Crippen molar-refractivity contribution >= 4 is 0 Å². The molecule has 0 unspecified atom stereocenters. The third-order valence-corrected chi connectivity index (χ3v) is 2.58. The van der Waals surface area contributed by atoms with Crippen LogP contribution in [0.2, 0.25) is 0 Å². The molecule has 0 fully saturated rings. The molecule has 1 rings (SSSR count). The highest BCUT2D eigenvalue weighted by Gasteiger charge is 2.30. The van der Waals surface area contributed by atoms with Gasteiger partial charge in [0.2, 0.25) is 0 Å². The largest absolute Gasteiger partial charge is 0.513 e. The van der Waals surface area contributed by atoms with E-state index in [4.69, 9.17) is 0 Å². The number of aliphatic hydroxyl groups excluding tert-OH is 1. The molecule has 0 radical (unpaired) electrons. The lowest BCUT2D eigenvalue weighted by molar-refractivity contribution is 0.209. The minimum Gasteiger partial charge on any atom is -0.513 e. The molecule has 1 heteroatoms. The lowest BCUT2D eigenvalue weighted by atomic mass is 9.71. The number of hydrogen-bond acceptors (Lipinski definition) is 1. The van der Waals surface area contributed by atoms with Crippen molar-refractivity contribution in [2.45, 2.75) is 26.7 Å². The Morgan fingerprint density at radius 1 is 1.73 bits per heavy atom. The molecule has 0 aromatic heterocycles. The van der Waals surface area contributed by atoms with Gasteiger partial charge in [0, 0.05) is 6.42 Å². The van der Waals surface area contributed by atoms with Crippen molar-refractivity contribution < 1.29 is 5.11 Å². The lowest BCUT2D eigenvalue weighted by Gasteiger charge is -2.34. The Bertz CT molecular complexity index is 189. The van der Waals surface area contributed by atoms with E-state index in [1.807, 2.05) is 12.2 Å². The summed E-state index contributed by atoms with van der Waals surface area (Å²) in [6.07, 6.45) is 5.58. The second-order valence-electron chi connectivity index (χ2n) is 3.93. The number of rotatable bonds is 1. The zero-order valence-electron chi connectivity index (χ0n) is 7.30. The Morgan fingerprint density at radius 2 is 2.36 bits per heavy atom. The molecule has 62 valence electrons. The molecule has 11 heavy (non-hydrogen) atoms. The van der Waals surface area contributed by atoms with E-state index in [2.05, 4.69) is 20.4 Å². The molecule has 0 amide bonds. The van der Waals surface area contributed by atoms with Gasteiger partial charge in [-0.25, -0.2) is 0 Å². The van der Waals surface area contributed by atoms with Gasteiger partial charge in [0.15, 0.2) is 0 Å². The highest BCUT2D eigenvalue weighted by molar-refractivity contribution is 5.08. The Labute approximate surface area is 68.4 Å². The smallest absolute Gasteiger partial charge is 0.0889 e. The van der Waals surface area contributed by atoms with Crippen LogP contribution in [0.3, 0.4) is 0 Å². The third kappa shape index (κ3) is 1.65. The van der Waals surface area contributed by atoms with Crippen molar-refractivity contribution in [2.24, 2.45) is 11.3 Å². The van der Waals surface area contributed by atoms with Crippen molar-refractivity contribution in [2.75, 3.05) is 0 Å². The zero-order chi connectivity index (χ0) is 8.48. The summed E-state index contributed by atoms with van der Waals surface area (Å²) < 4.78 is 0. The van der Waals surface area contributed by atoms with Gasteiger partial charge in [-0.2, -0.15) is 0 Å². The number of aliphatic hydroxyl groups is 1. The summed E-state index contributed by atoms with van der Waals surface area (Å²) in [6.45, 7) is 8.20. The van der Waals surface area contributed by atoms with E-state index in [-0.39, 0.29) is 5.41 Å². The predicted molar refractivity (Wildman–Crippen MR) is 47.4 cm³/mol. The van der Waals surface area contributed by atoms with Crippen LogP contribution < -0.4 is 0 Å². The summed E-state index contributed by atoms with van der Waals surface area (Å²) in [5.41, 5.74) is 0.272. The molecular weight excluding hydrogens is 136 g/mol. The summed E-state index contributed by atoms with van der Waals surface area (Å²) in [5.74, 6) is 0.946. The minimum absolute atomic E-state index is 0.272. The van der Waals surface area contributed by atoms with Gasteiger partial charge < -0.3 is 5.11 Å². The van der Waals surface area contributed by atoms with Crippen LogP contribution in [0.5, 0.6) is 0 Å². The topological polar surface area (TPSA) is 20.2 Å². The first-order valence-electron chi connectivity index (χ1n) is 4.07. The molecule has 0 saturated heterocycles. The maximum absolute atomic E-state index is 9.26. The van der Waals surface area contributed by atoms with Gasteiger partial charge in [-0.3, -0.25) is 0 Å². The monoisotopic (exact) mass is 152 g/mol. The second-order valence-corrected chi connectivity index (χ2v) is 3.93. The third-order valence-electron chi connectivity index (χ3n) is 2.58. The van der Waals surface area contributed by atoms with Gasteiger partial charge in [-0.15, -0.1) is 6.58 Å². The Hall–Kier alpha value is -0.720. The van der Waals surface area contributed by atoms with Crippen LogP contribution in [0.25, 0.3) is 0 Å². The van der Waals surface area contributed by atoms with Crippen LogP contribution in [-0.2, 0) is 0 Å². The van der Waals surface area contributed by atoms with E-state index in [0.717, 1.165) is 12.8 Å². The molecule has 0 aromatic rings. The van der Waals surface area contributed by atoms with Crippen molar-refractivity contribution in [3.63, 3.8) is 0 Å². The second kappa shape index (κ2) is 2.72. The molecule has 0 aliphatic heterocycles. The highest BCUT2D eigenvalue weighted by atomic mass is 16.3. The van der Waals surface area contributed by atoms with Gasteiger partial charge in [0.05, 0.1) is 5.76 Å². The van der Waals surface area contributed by atoms with Crippen molar-refractivity contribution in [3.05, 3.63) is 24.5 Å². The molecule has 0 bridgehead atoms. The molecule has 1 N–H and O–H groups in total. The normalized spacial score (nSPS) is 29.3. The average molecular weight is 152 g/mol. The first kappa shape index (κ1) is 8.38. The van der Waals surface area contributed by atoms with Crippen LogP contribution in [-0.4, -0.2) is 5.11 Å². The van der Waals surface area contributed by atoms with E-state index in [1.165, 1.54) is 0 Å². The first-order chi connectivity index (χ1) is 5.06. The van der Waals surface area contributed by atoms with E-state index in [0.29, 0.717) is 11.7 Å². The molecule has 0 spiro atoms. The SMILES string of the molecule is C=C[C@@H]1CC(O)=CCC1(C)C. The van der Waals surface area contributed by atoms with Crippen molar-refractivity contribution in [3.8, 4) is 0 Å². The highest BCUT2D eigenvalue weighted by Crippen LogP contribution is 2.39. The van der Waals surface area contributed by atoms with Crippen LogP contribution in [0.4, 0.5) is 0 Å². The van der Waals surface area contributed by atoms with Crippen LogP contribution in [0.1, 0.15) is 26.7 Å². The summed E-state index contributed by atoms with van der Waals surface area (Å²) in [7, 11) is 0. The van der Waals surface area contributed by atoms with Crippen molar-refractivity contribution in [1.82, 2.24) is 0 Å². The van der Waals surface area contributed by atoms with Gasteiger partial charge in [0.1, 0.15) is 0 Å². The minimum atomic E-state index is 0.272. The van der Waals surface area contributed by atoms with E-state index in [1.54, 1.807) is 0 Å². The summed E-state index contributed by atoms with van der Waals surface area (Å²) >= 11 is 0. The fourth-order valence-electron chi connectivity index (χ4n) is 1.52. The molecule has 1 atom stereocenters. The van der Waals surface area contributed by atoms with Crippen LogP contribution >= 0.6 is 0 Å². The first-order valence-corrected chi connectivity index (χ1v) is 4.07. The molecule has 1 aliphatic rings. The lowest BCUT2D eigenvalue weighted by Crippen LogP contribution is -2.25. The number of allylic oxidation sites excluding steroid dienone is 3. The molecular formula is C10H16O. The van der Waals surface area contributed by atoms with E-state index < -0.39 is 0 Å². The summed E-state index contributed by atoms with van der Waals surface area (Å²) in [5, 5.41) is 9.26.